The van der Waals surface area contributed by atoms with Gasteiger partial charge in [-0.15, -0.1) is 0 Å². The van der Waals surface area contributed by atoms with Crippen molar-refractivity contribution in [1.29, 1.82) is 0 Å². The molecule has 0 saturated carbocycles. The van der Waals surface area contributed by atoms with Crippen LogP contribution in [0.15, 0.2) is 34.8 Å². The Bertz CT molecular complexity index is 283. The van der Waals surface area contributed by atoms with Gasteiger partial charge in [0.1, 0.15) is 0 Å². The molecule has 76 valence electrons. The molecule has 0 aromatic rings. The molecule has 2 aliphatic rings. The van der Waals surface area contributed by atoms with E-state index in [-0.39, 0.29) is 0 Å². The summed E-state index contributed by atoms with van der Waals surface area (Å²) in [4.78, 5) is 1.38. The second kappa shape index (κ2) is 4.85. The number of allylic oxidation sites excluding steroid dienone is 5. The Morgan fingerprint density at radius 2 is 2.00 bits per heavy atom. The van der Waals surface area contributed by atoms with Crippen LogP contribution in [0.4, 0.5) is 0 Å². The van der Waals surface area contributed by atoms with Crippen LogP contribution < -0.4 is 0 Å². The third-order valence-electron chi connectivity index (χ3n) is 2.55. The van der Waals surface area contributed by atoms with Crippen LogP contribution >= 0.6 is 11.9 Å². The average molecular weight is 207 g/mol. The van der Waals surface area contributed by atoms with Crippen LogP contribution in [0.2, 0.25) is 0 Å². The highest BCUT2D eigenvalue weighted by Gasteiger charge is 2.12. The van der Waals surface area contributed by atoms with Crippen molar-refractivity contribution >= 4 is 11.9 Å². The number of nitrogens with zero attached hydrogens (tertiary/aromatic N) is 1. The highest BCUT2D eigenvalue weighted by atomic mass is 32.2. The lowest BCUT2D eigenvalue weighted by molar-refractivity contribution is 0.589. The van der Waals surface area contributed by atoms with E-state index in [9.17, 15) is 0 Å². The van der Waals surface area contributed by atoms with E-state index in [2.05, 4.69) is 35.5 Å². The van der Waals surface area contributed by atoms with Crippen molar-refractivity contribution in [2.45, 2.75) is 26.2 Å². The SMILES string of the molecule is CC1=CC=C(SN2CCCC2)C=CC1. The Labute approximate surface area is 90.7 Å². The molecule has 1 aliphatic heterocycles. The lowest BCUT2D eigenvalue weighted by atomic mass is 10.2. The summed E-state index contributed by atoms with van der Waals surface area (Å²) in [6, 6.07) is 0. The van der Waals surface area contributed by atoms with Gasteiger partial charge in [0.2, 0.25) is 0 Å². The number of rotatable bonds is 2. The molecule has 14 heavy (non-hydrogen) atoms. The van der Waals surface area contributed by atoms with E-state index < -0.39 is 0 Å². The monoisotopic (exact) mass is 207 g/mol. The molecule has 1 nitrogen and oxygen atoms in total. The van der Waals surface area contributed by atoms with E-state index in [4.69, 9.17) is 0 Å². The van der Waals surface area contributed by atoms with Gasteiger partial charge in [-0.3, -0.25) is 0 Å². The molecule has 0 aromatic carbocycles. The molecule has 1 heterocycles. The van der Waals surface area contributed by atoms with E-state index in [0.717, 1.165) is 6.42 Å². The van der Waals surface area contributed by atoms with E-state index >= 15 is 0 Å². The minimum Gasteiger partial charge on any atom is -0.246 e. The fraction of sp³-hybridized carbons (Fsp3) is 0.500. The third-order valence-corrected chi connectivity index (χ3v) is 3.66. The van der Waals surface area contributed by atoms with Crippen molar-refractivity contribution in [2.75, 3.05) is 13.1 Å². The molecule has 0 atom stereocenters. The maximum atomic E-state index is 2.46. The van der Waals surface area contributed by atoms with Crippen LogP contribution in [-0.4, -0.2) is 17.4 Å². The maximum absolute atomic E-state index is 2.46. The van der Waals surface area contributed by atoms with Gasteiger partial charge in [0, 0.05) is 18.0 Å². The van der Waals surface area contributed by atoms with E-state index in [1.54, 1.807) is 0 Å². The van der Waals surface area contributed by atoms with Crippen molar-refractivity contribution < 1.29 is 0 Å². The molecule has 2 rings (SSSR count). The summed E-state index contributed by atoms with van der Waals surface area (Å²) >= 11 is 1.91. The molecule has 1 fully saturated rings. The number of hydrogen-bond acceptors (Lipinski definition) is 2. The first kappa shape index (κ1) is 10.1. The molecular formula is C12H17NS. The molecule has 2 heteroatoms. The molecular weight excluding hydrogens is 190 g/mol. The molecule has 1 saturated heterocycles. The lowest BCUT2D eigenvalue weighted by Gasteiger charge is -2.12. The van der Waals surface area contributed by atoms with Crippen LogP contribution in [0, 0.1) is 0 Å². The standard InChI is InChI=1S/C12H17NS/c1-11-5-4-6-12(8-7-11)14-13-9-2-3-10-13/h4,6-8H,2-3,5,9-10H2,1H3. The van der Waals surface area contributed by atoms with Crippen molar-refractivity contribution in [1.82, 2.24) is 4.31 Å². The van der Waals surface area contributed by atoms with Crippen LogP contribution in [0.5, 0.6) is 0 Å². The highest BCUT2D eigenvalue weighted by Crippen LogP contribution is 2.28. The zero-order valence-corrected chi connectivity index (χ0v) is 9.52. The summed E-state index contributed by atoms with van der Waals surface area (Å²) in [5.41, 5.74) is 1.44. The first-order chi connectivity index (χ1) is 6.84. The molecule has 0 amide bonds. The first-order valence-corrected chi connectivity index (χ1v) is 6.09. The van der Waals surface area contributed by atoms with Crippen LogP contribution in [-0.2, 0) is 0 Å². The summed E-state index contributed by atoms with van der Waals surface area (Å²) in [6.45, 7) is 4.68. The first-order valence-electron chi connectivity index (χ1n) is 5.31. The molecule has 0 bridgehead atoms. The highest BCUT2D eigenvalue weighted by molar-refractivity contribution is 8.01. The van der Waals surface area contributed by atoms with Crippen LogP contribution in [0.25, 0.3) is 0 Å². The summed E-state index contributed by atoms with van der Waals surface area (Å²) in [6.07, 6.45) is 12.8. The van der Waals surface area contributed by atoms with Crippen molar-refractivity contribution in [3.8, 4) is 0 Å². The average Bonchev–Trinajstić information content (AvgIpc) is 2.58. The quantitative estimate of drug-likeness (QED) is 0.637. The second-order valence-corrected chi connectivity index (χ2v) is 5.09. The summed E-state index contributed by atoms with van der Waals surface area (Å²) in [5, 5.41) is 0. The third kappa shape index (κ3) is 2.76. The maximum Gasteiger partial charge on any atom is 0.0227 e. The van der Waals surface area contributed by atoms with E-state index in [0.29, 0.717) is 0 Å². The van der Waals surface area contributed by atoms with Crippen molar-refractivity contribution in [3.63, 3.8) is 0 Å². The fourth-order valence-corrected chi connectivity index (χ4v) is 2.72. The van der Waals surface area contributed by atoms with E-state index in [1.165, 1.54) is 36.4 Å². The minimum atomic E-state index is 1.10. The Hall–Kier alpha value is -0.470. The molecule has 0 spiro atoms. The second-order valence-electron chi connectivity index (χ2n) is 3.92. The smallest absolute Gasteiger partial charge is 0.0227 e. The summed E-state index contributed by atoms with van der Waals surface area (Å²) in [7, 11) is 0. The molecule has 1 aliphatic carbocycles. The van der Waals surface area contributed by atoms with Gasteiger partial charge in [-0.2, -0.15) is 0 Å². The Morgan fingerprint density at radius 3 is 2.79 bits per heavy atom. The fourth-order valence-electron chi connectivity index (χ4n) is 1.70. The number of hydrogen-bond donors (Lipinski definition) is 0. The predicted octanol–water partition coefficient (Wildman–Crippen LogP) is 3.52. The minimum absolute atomic E-state index is 1.10. The van der Waals surface area contributed by atoms with Crippen molar-refractivity contribution in [2.24, 2.45) is 0 Å². The molecule has 0 radical (unpaired) electrons. The summed E-state index contributed by atoms with van der Waals surface area (Å²) in [5.74, 6) is 0. The van der Waals surface area contributed by atoms with E-state index in [1.807, 2.05) is 11.9 Å². The van der Waals surface area contributed by atoms with Crippen molar-refractivity contribution in [3.05, 3.63) is 34.8 Å². The molecule has 0 aromatic heterocycles. The van der Waals surface area contributed by atoms with Gasteiger partial charge >= 0.3 is 0 Å². The van der Waals surface area contributed by atoms with Gasteiger partial charge in [0.05, 0.1) is 0 Å². The largest absolute Gasteiger partial charge is 0.246 e. The van der Waals surface area contributed by atoms with Crippen LogP contribution in [0.3, 0.4) is 0 Å². The zero-order chi connectivity index (χ0) is 9.80. The zero-order valence-electron chi connectivity index (χ0n) is 8.70. The van der Waals surface area contributed by atoms with Gasteiger partial charge in [-0.25, -0.2) is 4.31 Å². The van der Waals surface area contributed by atoms with Gasteiger partial charge in [-0.1, -0.05) is 23.8 Å². The Kier molecular flexibility index (Phi) is 3.49. The summed E-state index contributed by atoms with van der Waals surface area (Å²) < 4.78 is 2.46. The van der Waals surface area contributed by atoms with Gasteiger partial charge in [-0.05, 0) is 44.2 Å². The Balaban J connectivity index is 1.96. The predicted molar refractivity (Wildman–Crippen MR) is 64.0 cm³/mol. The van der Waals surface area contributed by atoms with Gasteiger partial charge < -0.3 is 0 Å². The lowest BCUT2D eigenvalue weighted by Crippen LogP contribution is -2.08. The molecule has 0 N–H and O–H groups in total. The van der Waals surface area contributed by atoms with Crippen LogP contribution in [0.1, 0.15) is 26.2 Å². The normalized spacial score (nSPS) is 23.2. The van der Waals surface area contributed by atoms with Gasteiger partial charge in [0.15, 0.2) is 0 Å². The van der Waals surface area contributed by atoms with Gasteiger partial charge in [0.25, 0.3) is 0 Å². The topological polar surface area (TPSA) is 3.24 Å². The Morgan fingerprint density at radius 1 is 1.21 bits per heavy atom. The molecule has 0 unspecified atom stereocenters.